The van der Waals surface area contributed by atoms with E-state index in [0.29, 0.717) is 22.1 Å². The minimum Gasteiger partial charge on any atom is -0.348 e. The minimum atomic E-state index is -0.175. The zero-order valence-electron chi connectivity index (χ0n) is 18.9. The van der Waals surface area contributed by atoms with Crippen molar-refractivity contribution in [2.24, 2.45) is 11.0 Å². The highest BCUT2D eigenvalue weighted by Gasteiger charge is 2.31. The van der Waals surface area contributed by atoms with Crippen molar-refractivity contribution in [1.82, 2.24) is 15.8 Å². The maximum absolute atomic E-state index is 13.1. The van der Waals surface area contributed by atoms with Crippen LogP contribution in [-0.2, 0) is 15.0 Å². The van der Waals surface area contributed by atoms with E-state index in [1.54, 1.807) is 0 Å². The Labute approximate surface area is 189 Å². The molecule has 3 rings (SSSR count). The fourth-order valence-corrected chi connectivity index (χ4v) is 3.98. The summed E-state index contributed by atoms with van der Waals surface area (Å²) in [7, 11) is 0. The number of carbonyl (C=O) groups is 2. The number of nitrogens with zero attached hydrogens (tertiary/aromatic N) is 3. The highest BCUT2D eigenvalue weighted by Crippen LogP contribution is 2.28. The van der Waals surface area contributed by atoms with Crippen LogP contribution in [0.3, 0.4) is 0 Å². The van der Waals surface area contributed by atoms with Gasteiger partial charge in [-0.15, -0.1) is 0 Å². The Morgan fingerprint density at radius 2 is 1.77 bits per heavy atom. The number of hydrazone groups is 1. The van der Waals surface area contributed by atoms with Gasteiger partial charge in [-0.25, -0.2) is 0 Å². The van der Waals surface area contributed by atoms with E-state index in [0.717, 1.165) is 37.9 Å². The standard InChI is InChI=1S/C23H31N5O2S/c1-15(24-25-22(31)27-12-10-17(14-29)11-13-27)20-16(2)26-28(21(20)30)19-8-6-18(7-9-19)23(3,4)5/h6-9,14,17,24H,10-13H2,1-5H3,(H,25,31)/b20-15-. The highest BCUT2D eigenvalue weighted by molar-refractivity contribution is 7.80. The molecule has 2 aliphatic heterocycles. The molecule has 0 saturated carbocycles. The molecular formula is C23H31N5O2S. The van der Waals surface area contributed by atoms with Gasteiger partial charge in [-0.2, -0.15) is 10.1 Å². The molecule has 1 fully saturated rings. The average molecular weight is 442 g/mol. The summed E-state index contributed by atoms with van der Waals surface area (Å²) in [6.45, 7) is 11.6. The average Bonchev–Trinajstić information content (AvgIpc) is 3.05. The van der Waals surface area contributed by atoms with Gasteiger partial charge in [-0.05, 0) is 62.0 Å². The highest BCUT2D eigenvalue weighted by atomic mass is 32.1. The van der Waals surface area contributed by atoms with Crippen molar-refractivity contribution in [2.45, 2.75) is 52.9 Å². The number of aldehydes is 1. The van der Waals surface area contributed by atoms with Crippen LogP contribution in [0, 0.1) is 5.92 Å². The number of benzene rings is 1. The Hall–Kier alpha value is -2.74. The first-order valence-corrected chi connectivity index (χ1v) is 11.0. The van der Waals surface area contributed by atoms with Crippen LogP contribution in [0.5, 0.6) is 0 Å². The smallest absolute Gasteiger partial charge is 0.282 e. The van der Waals surface area contributed by atoms with Crippen LogP contribution in [-0.4, -0.2) is 41.0 Å². The van der Waals surface area contributed by atoms with Crippen molar-refractivity contribution < 1.29 is 9.59 Å². The van der Waals surface area contributed by atoms with E-state index in [1.165, 1.54) is 10.6 Å². The van der Waals surface area contributed by atoms with Gasteiger partial charge in [-0.1, -0.05) is 32.9 Å². The van der Waals surface area contributed by atoms with E-state index in [1.807, 2.05) is 43.0 Å². The second-order valence-electron chi connectivity index (χ2n) is 9.11. The maximum atomic E-state index is 13.1. The van der Waals surface area contributed by atoms with Crippen molar-refractivity contribution in [3.63, 3.8) is 0 Å². The molecule has 1 aromatic rings. The Morgan fingerprint density at radius 3 is 2.32 bits per heavy atom. The number of hydrogen-bond acceptors (Lipinski definition) is 5. The van der Waals surface area contributed by atoms with Gasteiger partial charge in [0.25, 0.3) is 5.91 Å². The zero-order chi connectivity index (χ0) is 22.8. The summed E-state index contributed by atoms with van der Waals surface area (Å²) in [6, 6.07) is 7.93. The first-order valence-electron chi connectivity index (χ1n) is 10.6. The normalized spacial score (nSPS) is 19.3. The van der Waals surface area contributed by atoms with Crippen LogP contribution >= 0.6 is 12.2 Å². The molecule has 0 aromatic heterocycles. The number of carbonyl (C=O) groups excluding carboxylic acids is 2. The molecule has 1 saturated heterocycles. The van der Waals surface area contributed by atoms with Crippen molar-refractivity contribution in [2.75, 3.05) is 18.1 Å². The number of allylic oxidation sites excluding steroid dienone is 1. The number of hydrogen-bond donors (Lipinski definition) is 2. The van der Waals surface area contributed by atoms with Gasteiger partial charge < -0.3 is 15.1 Å². The Balaban J connectivity index is 1.66. The molecule has 8 heteroatoms. The summed E-state index contributed by atoms with van der Waals surface area (Å²) >= 11 is 5.46. The number of piperidine rings is 1. The third kappa shape index (κ3) is 5.12. The summed E-state index contributed by atoms with van der Waals surface area (Å²) in [5.41, 5.74) is 9.89. The Bertz CT molecular complexity index is 922. The number of hydrazine groups is 1. The molecule has 0 bridgehead atoms. The Kier molecular flexibility index (Phi) is 6.79. The van der Waals surface area contributed by atoms with Gasteiger partial charge in [0.2, 0.25) is 0 Å². The minimum absolute atomic E-state index is 0.0465. The zero-order valence-corrected chi connectivity index (χ0v) is 19.7. The van der Waals surface area contributed by atoms with E-state index < -0.39 is 0 Å². The molecule has 0 atom stereocenters. The summed E-state index contributed by atoms with van der Waals surface area (Å²) in [5, 5.41) is 6.46. The molecule has 0 radical (unpaired) electrons. The number of thiocarbonyl (C=S) groups is 1. The number of rotatable bonds is 4. The summed E-state index contributed by atoms with van der Waals surface area (Å²) in [6.07, 6.45) is 2.63. The lowest BCUT2D eigenvalue weighted by Crippen LogP contribution is -2.49. The van der Waals surface area contributed by atoms with Crippen molar-refractivity contribution in [1.29, 1.82) is 0 Å². The first kappa shape index (κ1) is 22.9. The molecule has 7 nitrogen and oxygen atoms in total. The summed E-state index contributed by atoms with van der Waals surface area (Å²) < 4.78 is 0. The number of nitrogens with one attached hydrogen (secondary N) is 2. The number of likely N-dealkylation sites (tertiary alicyclic amines) is 1. The van der Waals surface area contributed by atoms with Gasteiger partial charge >= 0.3 is 0 Å². The van der Waals surface area contributed by atoms with Crippen LogP contribution in [0.15, 0.2) is 40.6 Å². The molecule has 2 heterocycles. The largest absolute Gasteiger partial charge is 0.348 e. The molecule has 2 aliphatic rings. The third-order valence-corrected chi connectivity index (χ3v) is 6.11. The fraction of sp³-hybridized carbons (Fsp3) is 0.478. The van der Waals surface area contributed by atoms with E-state index in [9.17, 15) is 9.59 Å². The van der Waals surface area contributed by atoms with Gasteiger partial charge in [0.1, 0.15) is 6.29 Å². The lowest BCUT2D eigenvalue weighted by atomic mass is 9.87. The van der Waals surface area contributed by atoms with Crippen LogP contribution < -0.4 is 15.9 Å². The molecular weight excluding hydrogens is 410 g/mol. The quantitative estimate of drug-likeness (QED) is 0.323. The summed E-state index contributed by atoms with van der Waals surface area (Å²) in [4.78, 5) is 26.0. The predicted octanol–water partition coefficient (Wildman–Crippen LogP) is 3.27. The van der Waals surface area contributed by atoms with Crippen LogP contribution in [0.1, 0.15) is 53.0 Å². The molecule has 1 aromatic carbocycles. The van der Waals surface area contributed by atoms with Crippen LogP contribution in [0.4, 0.5) is 5.69 Å². The first-order chi connectivity index (χ1) is 14.6. The molecule has 31 heavy (non-hydrogen) atoms. The molecule has 1 amide bonds. The maximum Gasteiger partial charge on any atom is 0.282 e. The van der Waals surface area contributed by atoms with E-state index in [-0.39, 0.29) is 17.2 Å². The SMILES string of the molecule is CC1=NN(c2ccc(C(C)(C)C)cc2)C(=O)/C1=C(/C)NNC(=S)N1CCC(C=O)CC1. The van der Waals surface area contributed by atoms with Gasteiger partial charge in [0, 0.05) is 24.7 Å². The molecule has 2 N–H and O–H groups in total. The second kappa shape index (κ2) is 9.18. The topological polar surface area (TPSA) is 77.0 Å². The monoisotopic (exact) mass is 441 g/mol. The van der Waals surface area contributed by atoms with E-state index >= 15 is 0 Å². The number of anilines is 1. The third-order valence-electron chi connectivity index (χ3n) is 5.75. The van der Waals surface area contributed by atoms with Gasteiger partial charge in [0.05, 0.1) is 17.0 Å². The molecule has 0 aliphatic carbocycles. The van der Waals surface area contributed by atoms with Crippen molar-refractivity contribution >= 4 is 40.9 Å². The van der Waals surface area contributed by atoms with Crippen molar-refractivity contribution in [3.8, 4) is 0 Å². The van der Waals surface area contributed by atoms with Crippen molar-refractivity contribution in [3.05, 3.63) is 41.1 Å². The predicted molar refractivity (Wildman–Crippen MR) is 128 cm³/mol. The van der Waals surface area contributed by atoms with Gasteiger partial charge in [-0.3, -0.25) is 10.2 Å². The fourth-order valence-electron chi connectivity index (χ4n) is 3.74. The van der Waals surface area contributed by atoms with E-state index in [4.69, 9.17) is 12.2 Å². The number of amides is 1. The molecule has 0 unspecified atom stereocenters. The lowest BCUT2D eigenvalue weighted by Gasteiger charge is -2.32. The lowest BCUT2D eigenvalue weighted by molar-refractivity contribution is -0.114. The van der Waals surface area contributed by atoms with E-state index in [2.05, 4.69) is 36.7 Å². The van der Waals surface area contributed by atoms with Gasteiger partial charge in [0.15, 0.2) is 5.11 Å². The second-order valence-corrected chi connectivity index (χ2v) is 9.50. The van der Waals surface area contributed by atoms with Crippen LogP contribution in [0.25, 0.3) is 0 Å². The van der Waals surface area contributed by atoms with Crippen LogP contribution in [0.2, 0.25) is 0 Å². The Morgan fingerprint density at radius 1 is 1.16 bits per heavy atom. The molecule has 0 spiro atoms. The molecule has 166 valence electrons. The summed E-state index contributed by atoms with van der Waals surface area (Å²) in [5.74, 6) is -0.0557.